The molecule has 1 aromatic heterocycles. The predicted molar refractivity (Wildman–Crippen MR) is 114 cm³/mol. The van der Waals surface area contributed by atoms with Crippen molar-refractivity contribution >= 4 is 23.2 Å². The Morgan fingerprint density at radius 2 is 1.79 bits per heavy atom. The molecule has 1 atom stereocenters. The average Bonchev–Trinajstić information content (AvgIpc) is 3.42. The number of amides is 2. The molecule has 1 aromatic carbocycles. The first kappa shape index (κ1) is 20.1. The first-order chi connectivity index (χ1) is 14.1. The van der Waals surface area contributed by atoms with Gasteiger partial charge < -0.3 is 15.4 Å². The molecular formula is C23H28N2O3S. The second-order valence-corrected chi connectivity index (χ2v) is 9.04. The topological polar surface area (TPSA) is 67.4 Å². The van der Waals surface area contributed by atoms with E-state index in [9.17, 15) is 9.59 Å². The van der Waals surface area contributed by atoms with Crippen molar-refractivity contribution in [3.8, 4) is 0 Å². The monoisotopic (exact) mass is 412 g/mol. The molecule has 2 amide bonds. The summed E-state index contributed by atoms with van der Waals surface area (Å²) >= 11 is 1.42. The maximum Gasteiger partial charge on any atom is 0.261 e. The Labute approximate surface area is 175 Å². The van der Waals surface area contributed by atoms with Crippen LogP contribution in [0, 0.1) is 0 Å². The molecule has 1 spiro atoms. The number of hydrogen-bond acceptors (Lipinski definition) is 4. The van der Waals surface area contributed by atoms with Gasteiger partial charge in [0.2, 0.25) is 0 Å². The van der Waals surface area contributed by atoms with Gasteiger partial charge in [-0.25, -0.2) is 0 Å². The Kier molecular flexibility index (Phi) is 6.31. The third kappa shape index (κ3) is 5.06. The van der Waals surface area contributed by atoms with Gasteiger partial charge in [-0.15, -0.1) is 11.3 Å². The molecule has 2 aliphatic rings. The molecular weight excluding hydrogens is 384 g/mol. The molecule has 0 radical (unpaired) electrons. The van der Waals surface area contributed by atoms with Crippen molar-refractivity contribution in [1.29, 1.82) is 0 Å². The van der Waals surface area contributed by atoms with Gasteiger partial charge in [-0.2, -0.15) is 0 Å². The molecule has 4 rings (SSSR count). The first-order valence-corrected chi connectivity index (χ1v) is 11.4. The number of ether oxygens (including phenoxy) is 1. The van der Waals surface area contributed by atoms with Gasteiger partial charge in [-0.05, 0) is 54.8 Å². The fraction of sp³-hybridized carbons (Fsp3) is 0.478. The van der Waals surface area contributed by atoms with E-state index in [4.69, 9.17) is 4.74 Å². The number of hydrogen-bond donors (Lipinski definition) is 2. The third-order valence-corrected chi connectivity index (χ3v) is 6.88. The van der Waals surface area contributed by atoms with Crippen molar-refractivity contribution < 1.29 is 14.3 Å². The number of benzene rings is 1. The van der Waals surface area contributed by atoms with Crippen molar-refractivity contribution in [2.45, 2.75) is 63.2 Å². The zero-order valence-corrected chi connectivity index (χ0v) is 17.4. The predicted octanol–water partition coefficient (Wildman–Crippen LogP) is 4.29. The number of nitrogens with one attached hydrogen (secondary N) is 2. The highest BCUT2D eigenvalue weighted by molar-refractivity contribution is 7.12. The summed E-state index contributed by atoms with van der Waals surface area (Å²) in [7, 11) is 0. The first-order valence-electron chi connectivity index (χ1n) is 10.5. The fourth-order valence-electron chi connectivity index (χ4n) is 4.36. The maximum absolute atomic E-state index is 12.5. The Bertz CT molecular complexity index is 826. The van der Waals surface area contributed by atoms with Crippen LogP contribution in [0.3, 0.4) is 0 Å². The molecule has 1 unspecified atom stereocenters. The van der Waals surface area contributed by atoms with Crippen molar-refractivity contribution in [3.63, 3.8) is 0 Å². The molecule has 2 fully saturated rings. The highest BCUT2D eigenvalue weighted by Gasteiger charge is 2.40. The van der Waals surface area contributed by atoms with E-state index in [1.807, 2.05) is 23.6 Å². The van der Waals surface area contributed by atoms with Crippen molar-refractivity contribution in [1.82, 2.24) is 10.6 Å². The molecule has 1 saturated carbocycles. The quantitative estimate of drug-likeness (QED) is 0.744. The summed E-state index contributed by atoms with van der Waals surface area (Å²) in [5.41, 5.74) is 1.68. The van der Waals surface area contributed by atoms with Gasteiger partial charge in [0.25, 0.3) is 11.8 Å². The SMILES string of the molecule is O=C(NCC1CCC2(CCCCC2)O1)c1ccc(CNC(=O)c2cccs2)cc1. The van der Waals surface area contributed by atoms with Crippen LogP contribution < -0.4 is 10.6 Å². The van der Waals surface area contributed by atoms with Crippen LogP contribution in [0.15, 0.2) is 41.8 Å². The smallest absolute Gasteiger partial charge is 0.261 e. The summed E-state index contributed by atoms with van der Waals surface area (Å²) in [4.78, 5) is 25.2. The summed E-state index contributed by atoms with van der Waals surface area (Å²) in [6.45, 7) is 1.01. The van der Waals surface area contributed by atoms with E-state index in [-0.39, 0.29) is 23.5 Å². The standard InChI is InChI=1S/C23H28N2O3S/c26-21(25-16-19-10-13-23(28-19)11-2-1-3-12-23)18-8-6-17(7-9-18)15-24-22(27)20-5-4-14-29-20/h4-9,14,19H,1-3,10-13,15-16H2,(H,24,27)(H,25,26). The molecule has 29 heavy (non-hydrogen) atoms. The van der Waals surface area contributed by atoms with Crippen LogP contribution >= 0.6 is 11.3 Å². The van der Waals surface area contributed by atoms with E-state index in [1.54, 1.807) is 18.2 Å². The molecule has 2 heterocycles. The molecule has 0 bridgehead atoms. The molecule has 1 aliphatic carbocycles. The molecule has 1 aliphatic heterocycles. The van der Waals surface area contributed by atoms with Crippen LogP contribution in [-0.4, -0.2) is 30.1 Å². The Hall–Kier alpha value is -2.18. The number of thiophene rings is 1. The van der Waals surface area contributed by atoms with Crippen LogP contribution in [0.4, 0.5) is 0 Å². The van der Waals surface area contributed by atoms with Crippen molar-refractivity contribution in [3.05, 3.63) is 57.8 Å². The lowest BCUT2D eigenvalue weighted by molar-refractivity contribution is -0.0618. The normalized spacial score (nSPS) is 20.5. The number of carbonyl (C=O) groups is 2. The lowest BCUT2D eigenvalue weighted by Gasteiger charge is -2.33. The van der Waals surface area contributed by atoms with E-state index >= 15 is 0 Å². The molecule has 1 saturated heterocycles. The number of rotatable bonds is 6. The summed E-state index contributed by atoms with van der Waals surface area (Å²) in [6, 6.07) is 11.0. The van der Waals surface area contributed by atoms with Gasteiger partial charge in [-0.1, -0.05) is 37.5 Å². The third-order valence-electron chi connectivity index (χ3n) is 6.01. The van der Waals surface area contributed by atoms with Crippen LogP contribution in [-0.2, 0) is 11.3 Å². The minimum Gasteiger partial charge on any atom is -0.370 e. The summed E-state index contributed by atoms with van der Waals surface area (Å²) < 4.78 is 6.33. The molecule has 6 heteroatoms. The lowest BCUT2D eigenvalue weighted by Crippen LogP contribution is -2.36. The fourth-order valence-corrected chi connectivity index (χ4v) is 5.00. The minimum atomic E-state index is -0.0765. The summed E-state index contributed by atoms with van der Waals surface area (Å²) in [5, 5.41) is 7.80. The largest absolute Gasteiger partial charge is 0.370 e. The van der Waals surface area contributed by atoms with E-state index in [1.165, 1.54) is 43.4 Å². The summed E-state index contributed by atoms with van der Waals surface area (Å²) in [5.74, 6) is -0.151. The Morgan fingerprint density at radius 3 is 2.52 bits per heavy atom. The van der Waals surface area contributed by atoms with Gasteiger partial charge in [0.05, 0.1) is 16.6 Å². The second kappa shape index (κ2) is 9.09. The Balaban J connectivity index is 1.22. The zero-order valence-electron chi connectivity index (χ0n) is 16.6. The van der Waals surface area contributed by atoms with Crippen molar-refractivity contribution in [2.24, 2.45) is 0 Å². The summed E-state index contributed by atoms with van der Waals surface area (Å²) in [6.07, 6.45) is 8.47. The van der Waals surface area contributed by atoms with Gasteiger partial charge in [0.1, 0.15) is 0 Å². The van der Waals surface area contributed by atoms with Crippen LogP contribution in [0.1, 0.15) is 70.5 Å². The van der Waals surface area contributed by atoms with E-state index in [0.29, 0.717) is 23.5 Å². The Morgan fingerprint density at radius 1 is 1.00 bits per heavy atom. The van der Waals surface area contributed by atoms with Crippen LogP contribution in [0.25, 0.3) is 0 Å². The van der Waals surface area contributed by atoms with Gasteiger partial charge in [0, 0.05) is 18.7 Å². The molecule has 2 N–H and O–H groups in total. The van der Waals surface area contributed by atoms with E-state index in [0.717, 1.165) is 18.4 Å². The van der Waals surface area contributed by atoms with Crippen LogP contribution in [0.5, 0.6) is 0 Å². The molecule has 2 aromatic rings. The van der Waals surface area contributed by atoms with E-state index < -0.39 is 0 Å². The maximum atomic E-state index is 12.5. The van der Waals surface area contributed by atoms with Gasteiger partial charge in [-0.3, -0.25) is 9.59 Å². The highest BCUT2D eigenvalue weighted by atomic mass is 32.1. The molecule has 154 valence electrons. The lowest BCUT2D eigenvalue weighted by atomic mass is 9.83. The van der Waals surface area contributed by atoms with Crippen molar-refractivity contribution in [2.75, 3.05) is 6.54 Å². The average molecular weight is 413 g/mol. The van der Waals surface area contributed by atoms with Crippen LogP contribution in [0.2, 0.25) is 0 Å². The van der Waals surface area contributed by atoms with Gasteiger partial charge >= 0.3 is 0 Å². The highest BCUT2D eigenvalue weighted by Crippen LogP contribution is 2.41. The van der Waals surface area contributed by atoms with E-state index in [2.05, 4.69) is 10.6 Å². The zero-order chi connectivity index (χ0) is 20.1. The minimum absolute atomic E-state index is 0.0749. The second-order valence-electron chi connectivity index (χ2n) is 8.09. The number of carbonyl (C=O) groups excluding carboxylic acids is 2. The van der Waals surface area contributed by atoms with Gasteiger partial charge in [0.15, 0.2) is 0 Å². The molecule has 5 nitrogen and oxygen atoms in total.